The Morgan fingerprint density at radius 3 is 2.32 bits per heavy atom. The molecule has 0 aliphatic heterocycles. The number of H-pyrrole nitrogens is 2. The first-order chi connectivity index (χ1) is 10.6. The molecule has 0 amide bonds. The van der Waals surface area contributed by atoms with Gasteiger partial charge in [-0.2, -0.15) is 0 Å². The molecule has 116 valence electrons. The van der Waals surface area contributed by atoms with Crippen molar-refractivity contribution in [1.82, 2.24) is 14.5 Å². The maximum atomic E-state index is 11.6. The van der Waals surface area contributed by atoms with Gasteiger partial charge in [0.2, 0.25) is 0 Å². The summed E-state index contributed by atoms with van der Waals surface area (Å²) in [6.45, 7) is -0.245. The van der Waals surface area contributed by atoms with Crippen molar-refractivity contribution in [3.63, 3.8) is 0 Å². The minimum absolute atomic E-state index is 0.122. The van der Waals surface area contributed by atoms with Gasteiger partial charge in [0.25, 0.3) is 0 Å². The van der Waals surface area contributed by atoms with Gasteiger partial charge in [-0.05, 0) is 12.0 Å². The van der Waals surface area contributed by atoms with E-state index in [0.717, 1.165) is 10.1 Å². The fourth-order valence-electron chi connectivity index (χ4n) is 1.87. The van der Waals surface area contributed by atoms with Gasteiger partial charge >= 0.3 is 23.0 Å². The zero-order chi connectivity index (χ0) is 15.9. The highest BCUT2D eigenvalue weighted by molar-refractivity contribution is 5.69. The van der Waals surface area contributed by atoms with Crippen molar-refractivity contribution >= 4 is 5.97 Å². The van der Waals surface area contributed by atoms with Crippen LogP contribution in [0.15, 0.2) is 44.7 Å². The minimum Gasteiger partial charge on any atom is -0.464 e. The summed E-state index contributed by atoms with van der Waals surface area (Å²) in [6.07, 6.45) is 0.764. The number of aryl methyl sites for hydroxylation is 1. The van der Waals surface area contributed by atoms with Gasteiger partial charge in [0.1, 0.15) is 6.61 Å². The Kier molecular flexibility index (Phi) is 5.07. The van der Waals surface area contributed by atoms with E-state index in [1.54, 1.807) is 0 Å². The third-order valence-corrected chi connectivity index (χ3v) is 2.97. The number of nitrogens with one attached hydrogen (secondary N) is 2. The van der Waals surface area contributed by atoms with Crippen LogP contribution in [0, 0.1) is 0 Å². The van der Waals surface area contributed by atoms with Crippen LogP contribution in [0.2, 0.25) is 0 Å². The molecular weight excluding hydrogens is 290 g/mol. The fraction of sp³-hybridized carbons (Fsp3) is 0.286. The lowest BCUT2D eigenvalue weighted by Gasteiger charge is -2.06. The SMILES string of the molecule is O=C(CCc1ccccc1)OCCn1c(=O)[nH]c(=O)[nH]c1=O. The highest BCUT2D eigenvalue weighted by atomic mass is 16.5. The predicted octanol–water partition coefficient (Wildman–Crippen LogP) is -0.599. The number of carbonyl (C=O) groups is 1. The van der Waals surface area contributed by atoms with Crippen molar-refractivity contribution < 1.29 is 9.53 Å². The summed E-state index contributed by atoms with van der Waals surface area (Å²) in [7, 11) is 0. The second kappa shape index (κ2) is 7.21. The first kappa shape index (κ1) is 15.5. The van der Waals surface area contributed by atoms with Gasteiger partial charge in [-0.15, -0.1) is 0 Å². The van der Waals surface area contributed by atoms with Gasteiger partial charge in [-0.1, -0.05) is 30.3 Å². The lowest BCUT2D eigenvalue weighted by atomic mass is 10.1. The first-order valence-electron chi connectivity index (χ1n) is 6.69. The van der Waals surface area contributed by atoms with Crippen molar-refractivity contribution in [1.29, 1.82) is 0 Å². The van der Waals surface area contributed by atoms with Crippen LogP contribution >= 0.6 is 0 Å². The van der Waals surface area contributed by atoms with Crippen LogP contribution in [0.1, 0.15) is 12.0 Å². The van der Waals surface area contributed by atoms with Crippen LogP contribution in [0.4, 0.5) is 0 Å². The molecule has 0 atom stereocenters. The van der Waals surface area contributed by atoms with E-state index in [1.165, 1.54) is 0 Å². The lowest BCUT2D eigenvalue weighted by molar-refractivity contribution is -0.143. The van der Waals surface area contributed by atoms with Gasteiger partial charge in [-0.25, -0.2) is 19.0 Å². The van der Waals surface area contributed by atoms with E-state index in [0.29, 0.717) is 6.42 Å². The van der Waals surface area contributed by atoms with Gasteiger partial charge < -0.3 is 4.74 Å². The Morgan fingerprint density at radius 2 is 1.68 bits per heavy atom. The van der Waals surface area contributed by atoms with Crippen molar-refractivity contribution in [2.45, 2.75) is 19.4 Å². The number of esters is 1. The number of rotatable bonds is 6. The molecule has 1 aromatic carbocycles. The summed E-state index contributed by atoms with van der Waals surface area (Å²) < 4.78 is 5.72. The van der Waals surface area contributed by atoms with Gasteiger partial charge in [0.05, 0.1) is 6.54 Å². The zero-order valence-electron chi connectivity index (χ0n) is 11.7. The summed E-state index contributed by atoms with van der Waals surface area (Å²) in [6, 6.07) is 9.48. The highest BCUT2D eigenvalue weighted by Gasteiger charge is 2.06. The van der Waals surface area contributed by atoms with E-state index in [-0.39, 0.29) is 19.6 Å². The number of aromatic nitrogens is 3. The van der Waals surface area contributed by atoms with Crippen LogP contribution < -0.4 is 17.1 Å². The third-order valence-electron chi connectivity index (χ3n) is 2.97. The van der Waals surface area contributed by atoms with Crippen molar-refractivity contribution in [2.75, 3.05) is 6.61 Å². The third kappa shape index (κ3) is 4.30. The maximum absolute atomic E-state index is 11.6. The van der Waals surface area contributed by atoms with E-state index in [9.17, 15) is 19.2 Å². The molecule has 2 N–H and O–H groups in total. The highest BCUT2D eigenvalue weighted by Crippen LogP contribution is 2.03. The van der Waals surface area contributed by atoms with Crippen LogP contribution in [0.25, 0.3) is 0 Å². The van der Waals surface area contributed by atoms with Crippen molar-refractivity contribution in [2.24, 2.45) is 0 Å². The number of nitrogens with zero attached hydrogens (tertiary/aromatic N) is 1. The second-order valence-electron chi connectivity index (χ2n) is 4.55. The number of hydrogen-bond donors (Lipinski definition) is 2. The van der Waals surface area contributed by atoms with Crippen LogP contribution in [0.5, 0.6) is 0 Å². The molecule has 8 nitrogen and oxygen atoms in total. The van der Waals surface area contributed by atoms with E-state index in [1.807, 2.05) is 40.3 Å². The number of hydrogen-bond acceptors (Lipinski definition) is 5. The molecule has 1 aromatic heterocycles. The van der Waals surface area contributed by atoms with Gasteiger partial charge in [0.15, 0.2) is 0 Å². The number of aromatic amines is 2. The molecule has 0 radical (unpaired) electrons. The summed E-state index contributed by atoms with van der Waals surface area (Å²) in [5, 5.41) is 0. The normalized spacial score (nSPS) is 10.4. The molecule has 1 heterocycles. The summed E-state index contributed by atoms with van der Waals surface area (Å²) in [5.41, 5.74) is -1.53. The zero-order valence-corrected chi connectivity index (χ0v) is 11.7. The average molecular weight is 305 g/mol. The first-order valence-corrected chi connectivity index (χ1v) is 6.69. The lowest BCUT2D eigenvalue weighted by Crippen LogP contribution is -2.44. The Bertz CT molecular complexity index is 769. The molecule has 22 heavy (non-hydrogen) atoms. The molecule has 0 aliphatic carbocycles. The monoisotopic (exact) mass is 305 g/mol. The molecule has 0 saturated heterocycles. The molecule has 2 aromatic rings. The van der Waals surface area contributed by atoms with E-state index in [2.05, 4.69) is 0 Å². The molecule has 0 unspecified atom stereocenters. The Labute approximate surface area is 124 Å². The van der Waals surface area contributed by atoms with E-state index >= 15 is 0 Å². The molecule has 0 saturated carbocycles. The van der Waals surface area contributed by atoms with Crippen LogP contribution in [-0.2, 0) is 22.5 Å². The quantitative estimate of drug-likeness (QED) is 0.692. The molecule has 2 rings (SSSR count). The Hall–Kier alpha value is -2.90. The molecular formula is C14H15N3O5. The molecule has 0 bridgehead atoms. The molecule has 0 spiro atoms. The summed E-state index contributed by atoms with van der Waals surface area (Å²) in [5.74, 6) is -0.419. The van der Waals surface area contributed by atoms with Crippen LogP contribution in [0.3, 0.4) is 0 Å². The van der Waals surface area contributed by atoms with Crippen molar-refractivity contribution in [3.8, 4) is 0 Å². The second-order valence-corrected chi connectivity index (χ2v) is 4.55. The fourth-order valence-corrected chi connectivity index (χ4v) is 1.87. The summed E-state index contributed by atoms with van der Waals surface area (Å²) in [4.78, 5) is 49.1. The van der Waals surface area contributed by atoms with Gasteiger partial charge in [-0.3, -0.25) is 14.8 Å². The molecule has 0 aliphatic rings. The summed E-state index contributed by atoms with van der Waals surface area (Å²) >= 11 is 0. The van der Waals surface area contributed by atoms with Crippen molar-refractivity contribution in [3.05, 3.63) is 67.3 Å². The Balaban J connectivity index is 1.82. The average Bonchev–Trinajstić information content (AvgIpc) is 2.49. The Morgan fingerprint density at radius 1 is 1.05 bits per heavy atom. The largest absolute Gasteiger partial charge is 0.464 e. The number of benzene rings is 1. The van der Waals surface area contributed by atoms with E-state index in [4.69, 9.17) is 4.74 Å². The standard InChI is InChI=1S/C14H15N3O5/c18-11(7-6-10-4-2-1-3-5-10)22-9-8-17-13(20)15-12(19)16-14(17)21/h1-5H,6-9H2,(H2,15,16,19,20,21). The molecule has 8 heteroatoms. The maximum Gasteiger partial charge on any atom is 0.333 e. The number of ether oxygens (including phenoxy) is 1. The minimum atomic E-state index is -0.869. The van der Waals surface area contributed by atoms with E-state index < -0.39 is 23.0 Å². The topological polar surface area (TPSA) is 114 Å². The van der Waals surface area contributed by atoms with Crippen LogP contribution in [-0.4, -0.2) is 27.1 Å². The molecule has 0 fully saturated rings. The van der Waals surface area contributed by atoms with Gasteiger partial charge in [0, 0.05) is 6.42 Å². The smallest absolute Gasteiger partial charge is 0.333 e. The number of carbonyl (C=O) groups excluding carboxylic acids is 1. The predicted molar refractivity (Wildman–Crippen MR) is 77.7 cm³/mol.